The number of hydrogen-bond donors (Lipinski definition) is 0. The van der Waals surface area contributed by atoms with E-state index < -0.39 is 0 Å². The minimum atomic E-state index is 0.381. The highest BCUT2D eigenvalue weighted by molar-refractivity contribution is 5.30. The Morgan fingerprint density at radius 3 is 1.26 bits per heavy atom. The summed E-state index contributed by atoms with van der Waals surface area (Å²) in [5, 5.41) is 0. The summed E-state index contributed by atoms with van der Waals surface area (Å²) in [6.45, 7) is 5.38. The number of methoxy groups -OCH3 is 2. The van der Waals surface area contributed by atoms with Crippen LogP contribution in [-0.2, 0) is 0 Å². The molecular weight excluding hydrogens is 336 g/mol. The van der Waals surface area contributed by atoms with Gasteiger partial charge in [0.1, 0.15) is 11.5 Å². The van der Waals surface area contributed by atoms with Crippen molar-refractivity contribution in [2.45, 2.75) is 38.8 Å². The number of rotatable bonds is 10. The Labute approximate surface area is 164 Å². The summed E-state index contributed by atoms with van der Waals surface area (Å²) in [5.41, 5.74) is 2.65. The topological polar surface area (TPSA) is 24.9 Å². The van der Waals surface area contributed by atoms with Gasteiger partial charge in [-0.1, -0.05) is 38.1 Å². The highest BCUT2D eigenvalue weighted by Gasteiger charge is 2.21. The second-order valence-corrected chi connectivity index (χ2v) is 7.05. The van der Waals surface area contributed by atoms with Gasteiger partial charge >= 0.3 is 0 Å². The van der Waals surface area contributed by atoms with Gasteiger partial charge in [-0.3, -0.25) is 9.80 Å². The van der Waals surface area contributed by atoms with Crippen LogP contribution in [0.3, 0.4) is 0 Å². The van der Waals surface area contributed by atoms with Gasteiger partial charge < -0.3 is 9.47 Å². The maximum Gasteiger partial charge on any atom is 0.118 e. The lowest BCUT2D eigenvalue weighted by atomic mass is 10.0. The van der Waals surface area contributed by atoms with E-state index in [-0.39, 0.29) is 0 Å². The fraction of sp³-hybridized carbons (Fsp3) is 0.478. The van der Waals surface area contributed by atoms with Crippen molar-refractivity contribution in [3.05, 3.63) is 59.7 Å². The summed E-state index contributed by atoms with van der Waals surface area (Å²) in [5.74, 6) is 1.80. The van der Waals surface area contributed by atoms with Gasteiger partial charge in [-0.05, 0) is 62.3 Å². The largest absolute Gasteiger partial charge is 0.497 e. The second kappa shape index (κ2) is 10.3. The summed E-state index contributed by atoms with van der Waals surface area (Å²) in [7, 11) is 7.82. The Morgan fingerprint density at radius 2 is 1.00 bits per heavy atom. The Morgan fingerprint density at radius 1 is 0.667 bits per heavy atom. The molecule has 0 aliphatic heterocycles. The van der Waals surface area contributed by atoms with E-state index in [2.05, 4.69) is 62.0 Å². The van der Waals surface area contributed by atoms with Crippen molar-refractivity contribution in [2.75, 3.05) is 35.0 Å². The fourth-order valence-electron chi connectivity index (χ4n) is 3.80. The van der Waals surface area contributed by atoms with Crippen molar-refractivity contribution in [2.24, 2.45) is 0 Å². The van der Waals surface area contributed by atoms with E-state index in [0.29, 0.717) is 12.1 Å². The minimum absolute atomic E-state index is 0.381. The third kappa shape index (κ3) is 5.47. The first-order chi connectivity index (χ1) is 13.0. The highest BCUT2D eigenvalue weighted by atomic mass is 16.5. The van der Waals surface area contributed by atoms with E-state index in [0.717, 1.165) is 31.0 Å². The first-order valence-corrected chi connectivity index (χ1v) is 9.72. The molecule has 0 aliphatic rings. The molecule has 0 unspecified atom stereocenters. The predicted molar refractivity (Wildman–Crippen MR) is 112 cm³/mol. The molecule has 4 heteroatoms. The van der Waals surface area contributed by atoms with Crippen LogP contribution in [0.2, 0.25) is 0 Å². The molecule has 2 atom stereocenters. The van der Waals surface area contributed by atoms with Crippen molar-refractivity contribution in [3.63, 3.8) is 0 Å². The van der Waals surface area contributed by atoms with Crippen LogP contribution in [0, 0.1) is 0 Å². The standard InChI is InChI=1S/C23H34N2O2/c1-7-22(18-9-13-20(26-5)14-10-18)24(3)17-25(4)23(8-2)19-11-15-21(27-6)16-12-19/h9-16,22-23H,7-8,17H2,1-6H3/t22-,23-/m0/s1. The zero-order valence-electron chi connectivity index (χ0n) is 17.6. The van der Waals surface area contributed by atoms with Gasteiger partial charge in [0, 0.05) is 12.1 Å². The maximum atomic E-state index is 5.29. The summed E-state index contributed by atoms with van der Waals surface area (Å²) >= 11 is 0. The molecule has 0 radical (unpaired) electrons. The molecule has 0 amide bonds. The monoisotopic (exact) mass is 370 g/mol. The second-order valence-electron chi connectivity index (χ2n) is 7.05. The Kier molecular flexibility index (Phi) is 8.14. The molecule has 0 N–H and O–H groups in total. The molecule has 0 spiro atoms. The summed E-state index contributed by atoms with van der Waals surface area (Å²) in [6, 6.07) is 17.6. The molecule has 2 rings (SSSR count). The van der Waals surface area contributed by atoms with E-state index in [1.54, 1.807) is 14.2 Å². The number of nitrogens with zero attached hydrogens (tertiary/aromatic N) is 2. The molecule has 0 heterocycles. The molecule has 0 saturated heterocycles. The molecule has 27 heavy (non-hydrogen) atoms. The van der Waals surface area contributed by atoms with E-state index in [4.69, 9.17) is 9.47 Å². The molecular formula is C23H34N2O2. The average Bonchev–Trinajstić information content (AvgIpc) is 2.70. The molecule has 2 aromatic carbocycles. The zero-order valence-corrected chi connectivity index (χ0v) is 17.6. The van der Waals surface area contributed by atoms with Gasteiger partial charge in [-0.25, -0.2) is 0 Å². The lowest BCUT2D eigenvalue weighted by Crippen LogP contribution is -2.37. The minimum Gasteiger partial charge on any atom is -0.497 e. The van der Waals surface area contributed by atoms with Crippen LogP contribution in [0.5, 0.6) is 11.5 Å². The molecule has 0 bridgehead atoms. The van der Waals surface area contributed by atoms with Crippen LogP contribution in [-0.4, -0.2) is 44.8 Å². The molecule has 0 saturated carbocycles. The third-order valence-corrected chi connectivity index (χ3v) is 5.28. The molecule has 0 fully saturated rings. The third-order valence-electron chi connectivity index (χ3n) is 5.28. The molecule has 0 aromatic heterocycles. The van der Waals surface area contributed by atoms with E-state index in [9.17, 15) is 0 Å². The summed E-state index contributed by atoms with van der Waals surface area (Å²) < 4.78 is 10.6. The van der Waals surface area contributed by atoms with Crippen molar-refractivity contribution in [3.8, 4) is 11.5 Å². The van der Waals surface area contributed by atoms with Gasteiger partial charge in [0.2, 0.25) is 0 Å². The lowest BCUT2D eigenvalue weighted by Gasteiger charge is -2.35. The van der Waals surface area contributed by atoms with E-state index >= 15 is 0 Å². The average molecular weight is 371 g/mol. The lowest BCUT2D eigenvalue weighted by molar-refractivity contribution is 0.101. The molecule has 0 aliphatic carbocycles. The summed E-state index contributed by atoms with van der Waals surface area (Å²) in [4.78, 5) is 4.85. The van der Waals surface area contributed by atoms with Gasteiger partial charge in [0.25, 0.3) is 0 Å². The van der Waals surface area contributed by atoms with E-state index in [1.807, 2.05) is 24.3 Å². The first-order valence-electron chi connectivity index (χ1n) is 9.72. The zero-order chi connectivity index (χ0) is 19.8. The molecule has 2 aromatic rings. The van der Waals surface area contributed by atoms with Gasteiger partial charge in [0.05, 0.1) is 20.9 Å². The van der Waals surface area contributed by atoms with Gasteiger partial charge in [-0.15, -0.1) is 0 Å². The van der Waals surface area contributed by atoms with Crippen molar-refractivity contribution in [1.82, 2.24) is 9.80 Å². The van der Waals surface area contributed by atoms with E-state index in [1.165, 1.54) is 11.1 Å². The number of ether oxygens (including phenoxy) is 2. The quantitative estimate of drug-likeness (QED) is 0.542. The predicted octanol–water partition coefficient (Wildman–Crippen LogP) is 5.13. The smallest absolute Gasteiger partial charge is 0.118 e. The first kappa shape index (κ1) is 21.3. The maximum absolute atomic E-state index is 5.29. The Bertz CT molecular complexity index is 610. The van der Waals surface area contributed by atoms with Crippen molar-refractivity contribution < 1.29 is 9.47 Å². The molecule has 4 nitrogen and oxygen atoms in total. The van der Waals surface area contributed by atoms with Crippen LogP contribution < -0.4 is 9.47 Å². The van der Waals surface area contributed by atoms with Crippen LogP contribution in [0.15, 0.2) is 48.5 Å². The van der Waals surface area contributed by atoms with Crippen molar-refractivity contribution in [1.29, 1.82) is 0 Å². The number of benzene rings is 2. The fourth-order valence-corrected chi connectivity index (χ4v) is 3.80. The Balaban J connectivity index is 2.08. The van der Waals surface area contributed by atoms with Crippen LogP contribution in [0.4, 0.5) is 0 Å². The number of hydrogen-bond acceptors (Lipinski definition) is 4. The van der Waals surface area contributed by atoms with Gasteiger partial charge in [0.15, 0.2) is 0 Å². The highest BCUT2D eigenvalue weighted by Crippen LogP contribution is 2.28. The Hall–Kier alpha value is -2.04. The van der Waals surface area contributed by atoms with Gasteiger partial charge in [-0.2, -0.15) is 0 Å². The van der Waals surface area contributed by atoms with Crippen LogP contribution in [0.1, 0.15) is 49.9 Å². The molecule has 148 valence electrons. The van der Waals surface area contributed by atoms with Crippen molar-refractivity contribution >= 4 is 0 Å². The normalized spacial score (nSPS) is 13.6. The summed E-state index contributed by atoms with van der Waals surface area (Å²) in [6.07, 6.45) is 2.13. The SMILES string of the molecule is CC[C@@H](c1ccc(OC)cc1)N(C)CN(C)[C@@H](CC)c1ccc(OC)cc1. The van der Waals surface area contributed by atoms with Crippen LogP contribution in [0.25, 0.3) is 0 Å². The van der Waals surface area contributed by atoms with Crippen LogP contribution >= 0.6 is 0 Å².